The Labute approximate surface area is 388 Å². The summed E-state index contributed by atoms with van der Waals surface area (Å²) in [5.74, 6) is 2.32. The van der Waals surface area contributed by atoms with Gasteiger partial charge in [-0.2, -0.15) is 0 Å². The Morgan fingerprint density at radius 3 is 1.94 bits per heavy atom. The van der Waals surface area contributed by atoms with E-state index in [9.17, 15) is 0 Å². The summed E-state index contributed by atoms with van der Waals surface area (Å²) in [6.45, 7) is 24.6. The number of furan rings is 1. The fourth-order valence-corrected chi connectivity index (χ4v) is 7.17. The zero-order valence-electron chi connectivity index (χ0n) is 43.0. The predicted octanol–water partition coefficient (Wildman–Crippen LogP) is 13.6. The van der Waals surface area contributed by atoms with Crippen molar-refractivity contribution in [3.63, 3.8) is 0 Å². The Morgan fingerprint density at radius 2 is 1.35 bits per heavy atom. The van der Waals surface area contributed by atoms with Gasteiger partial charge in [0.15, 0.2) is 5.82 Å². The second-order valence-corrected chi connectivity index (χ2v) is 19.0. The van der Waals surface area contributed by atoms with Crippen molar-refractivity contribution in [1.29, 1.82) is 0 Å². The second-order valence-electron chi connectivity index (χ2n) is 19.0. The number of hydrogen-bond donors (Lipinski definition) is 0. The van der Waals surface area contributed by atoms with Crippen molar-refractivity contribution in [1.82, 2.24) is 29.9 Å². The summed E-state index contributed by atoms with van der Waals surface area (Å²) in [5.41, 5.74) is 11.8. The van der Waals surface area contributed by atoms with E-state index >= 15 is 0 Å². The summed E-state index contributed by atoms with van der Waals surface area (Å²) in [6, 6.07) is 29.0. The van der Waals surface area contributed by atoms with Crippen LogP contribution in [0.2, 0.25) is 0 Å². The Kier molecular flexibility index (Phi) is 11.3. The molecule has 0 aliphatic rings. The van der Waals surface area contributed by atoms with Gasteiger partial charge < -0.3 is 14.4 Å². The van der Waals surface area contributed by atoms with E-state index in [0.717, 1.165) is 72.8 Å². The molecule has 0 atom stereocenters. The molecule has 0 amide bonds. The van der Waals surface area contributed by atoms with Crippen molar-refractivity contribution in [2.75, 3.05) is 0 Å². The van der Waals surface area contributed by atoms with Crippen molar-refractivity contribution in [3.05, 3.63) is 142 Å². The van der Waals surface area contributed by atoms with Crippen LogP contribution in [0, 0.1) is 52.1 Å². The number of hydrogen-bond acceptors (Lipinski definition) is 7. The molecule has 0 aliphatic heterocycles. The first-order valence-corrected chi connectivity index (χ1v) is 20.7. The molecule has 8 aromatic rings. The molecule has 0 bridgehead atoms. The van der Waals surface area contributed by atoms with Crippen molar-refractivity contribution in [2.24, 2.45) is 5.41 Å². The Balaban J connectivity index is 0.000000262. The molecule has 1 radical (unpaired) electrons. The van der Waals surface area contributed by atoms with E-state index < -0.39 is 18.6 Å². The molecule has 7 nitrogen and oxygen atoms in total. The number of aryl methyl sites for hydroxylation is 5. The molecular formula is C54H58IrN6O-2. The number of aromatic nitrogens is 6. The first-order chi connectivity index (χ1) is 30.6. The summed E-state index contributed by atoms with van der Waals surface area (Å²) >= 11 is 0. The van der Waals surface area contributed by atoms with Gasteiger partial charge in [-0.25, -0.2) is 19.9 Å². The van der Waals surface area contributed by atoms with Crippen LogP contribution in [0.1, 0.15) is 114 Å². The van der Waals surface area contributed by atoms with Gasteiger partial charge in [0.2, 0.25) is 5.71 Å². The fourth-order valence-electron chi connectivity index (χ4n) is 7.17. The Hall–Kier alpha value is -5.43. The van der Waals surface area contributed by atoms with Gasteiger partial charge in [0.05, 0.1) is 5.58 Å². The molecule has 5 heterocycles. The van der Waals surface area contributed by atoms with Gasteiger partial charge in [-0.05, 0) is 109 Å². The third-order valence-corrected chi connectivity index (χ3v) is 10.2. The van der Waals surface area contributed by atoms with Crippen LogP contribution in [0.4, 0.5) is 0 Å². The molecule has 0 unspecified atom stereocenters. The fraction of sp³-hybridized carbons (Fsp3) is 0.333. The average Bonchev–Trinajstić information content (AvgIpc) is 3.61. The summed E-state index contributed by atoms with van der Waals surface area (Å²) in [5, 5.41) is 2.01. The van der Waals surface area contributed by atoms with E-state index in [1.807, 2.05) is 52.1 Å². The minimum atomic E-state index is -2.14. The Bertz CT molecular complexity index is 3030. The van der Waals surface area contributed by atoms with Gasteiger partial charge in [0.1, 0.15) is 11.6 Å². The molecule has 0 saturated heterocycles. The van der Waals surface area contributed by atoms with Gasteiger partial charge in [-0.15, -0.1) is 53.6 Å². The molecule has 5 aromatic heterocycles. The minimum absolute atomic E-state index is 0. The normalized spacial score (nSPS) is 13.6. The van der Waals surface area contributed by atoms with Gasteiger partial charge >= 0.3 is 0 Å². The van der Waals surface area contributed by atoms with Gasteiger partial charge in [-0.1, -0.05) is 98.3 Å². The Morgan fingerprint density at radius 1 is 0.677 bits per heavy atom. The molecule has 0 saturated carbocycles. The van der Waals surface area contributed by atoms with E-state index in [-0.39, 0.29) is 36.5 Å². The molecule has 0 fully saturated rings. The molecule has 321 valence electrons. The molecule has 0 spiro atoms. The first-order valence-electron chi connectivity index (χ1n) is 23.2. The number of nitrogens with zero attached hydrogens (tertiary/aromatic N) is 6. The monoisotopic (exact) mass is 1000 g/mol. The van der Waals surface area contributed by atoms with E-state index in [2.05, 4.69) is 109 Å². The van der Waals surface area contributed by atoms with E-state index in [4.69, 9.17) is 31.2 Å². The maximum atomic E-state index is 8.25. The van der Waals surface area contributed by atoms with Gasteiger partial charge in [0.25, 0.3) is 0 Å². The first kappa shape index (κ1) is 39.4. The van der Waals surface area contributed by atoms with Crippen LogP contribution in [0.15, 0.2) is 89.6 Å². The standard InChI is InChI=1S/C37H38N5O.C17H20N.Ir/c1-20-16-24(32-40-34(36(5,6)7)42-35(41-32)37(8,9)10)17-21(2)30(20)28-18-29(38-19-22(28)3)27-13-11-12-25-26-15-14-23(4)39-33(26)43-31(25)27;1-13-5-8-15(9-6-13)16-10-7-14(12-18-16)11-17(2,3)4;/h11-12,14-19H,1-10H3;5-8,10,12H,11H2,1-4H3;/q2*-1;/i;1D3,11D2;. The topological polar surface area (TPSA) is 90.5 Å². The molecule has 3 aromatic carbocycles. The summed E-state index contributed by atoms with van der Waals surface area (Å²) in [7, 11) is 0. The van der Waals surface area contributed by atoms with Crippen molar-refractivity contribution < 1.29 is 31.4 Å². The summed E-state index contributed by atoms with van der Waals surface area (Å²) < 4.78 is 44.8. The smallest absolute Gasteiger partial charge is 0.216 e. The number of fused-ring (bicyclic) bond motifs is 3. The molecule has 8 heteroatoms. The molecule has 0 aliphatic carbocycles. The zero-order valence-corrected chi connectivity index (χ0v) is 40.4. The van der Waals surface area contributed by atoms with Crippen molar-refractivity contribution in [3.8, 4) is 45.0 Å². The minimum Gasteiger partial charge on any atom is -0.486 e. The van der Waals surface area contributed by atoms with Gasteiger partial charge in [0, 0.05) is 66.8 Å². The van der Waals surface area contributed by atoms with Crippen LogP contribution < -0.4 is 0 Å². The molecule has 0 N–H and O–H groups in total. The summed E-state index contributed by atoms with van der Waals surface area (Å²) in [6.07, 6.45) is 1.98. The number of rotatable bonds is 5. The van der Waals surface area contributed by atoms with Crippen LogP contribution in [-0.4, -0.2) is 29.9 Å². The average molecular weight is 1000 g/mol. The quantitative estimate of drug-likeness (QED) is 0.159. The van der Waals surface area contributed by atoms with E-state index in [1.54, 1.807) is 24.3 Å². The largest absolute Gasteiger partial charge is 0.486 e. The van der Waals surface area contributed by atoms with Crippen LogP contribution in [0.25, 0.3) is 67.1 Å². The predicted molar refractivity (Wildman–Crippen MR) is 251 cm³/mol. The molecule has 8 rings (SSSR count). The van der Waals surface area contributed by atoms with Crippen LogP contribution in [0.3, 0.4) is 0 Å². The third-order valence-electron chi connectivity index (χ3n) is 10.2. The zero-order chi connectivity index (χ0) is 48.3. The van der Waals surface area contributed by atoms with Crippen LogP contribution >= 0.6 is 0 Å². The van der Waals surface area contributed by atoms with Crippen LogP contribution in [0.5, 0.6) is 0 Å². The second kappa shape index (κ2) is 17.7. The van der Waals surface area contributed by atoms with Crippen molar-refractivity contribution in [2.45, 2.75) is 114 Å². The van der Waals surface area contributed by atoms with Gasteiger partial charge in [-0.3, -0.25) is 0 Å². The van der Waals surface area contributed by atoms with E-state index in [0.29, 0.717) is 28.4 Å². The summed E-state index contributed by atoms with van der Waals surface area (Å²) in [4.78, 5) is 28.5. The van der Waals surface area contributed by atoms with E-state index in [1.165, 1.54) is 17.8 Å². The molecule has 62 heavy (non-hydrogen) atoms. The molecular weight excluding hydrogens is 941 g/mol. The number of pyridine rings is 3. The van der Waals surface area contributed by atoms with Crippen LogP contribution in [-0.2, 0) is 37.3 Å². The maximum Gasteiger partial charge on any atom is 0.216 e. The SMILES string of the molecule is Cc1ccc2c(n1)oc1c(-c3cc(-c4c(C)cc(-c5nc(C(C)(C)C)nc(C(C)(C)C)n5)cc4C)c(C)cn3)[c-]ccc12.[2H]C([2H])([2H])c1c[c-]c(-c2ccc(C([2H])([2H])C(C)(C)C)cn2)cc1.[Ir]. The third kappa shape index (κ3) is 10.3. The van der Waals surface area contributed by atoms with Crippen molar-refractivity contribution >= 4 is 22.1 Å². The maximum absolute atomic E-state index is 8.25. The number of benzene rings is 3.